The predicted octanol–water partition coefficient (Wildman–Crippen LogP) is 1.93. The molecule has 20 heavy (non-hydrogen) atoms. The maximum absolute atomic E-state index is 14.0. The van der Waals surface area contributed by atoms with Gasteiger partial charge in [-0.15, -0.1) is 0 Å². The van der Waals surface area contributed by atoms with Crippen molar-refractivity contribution in [2.75, 3.05) is 13.2 Å². The quantitative estimate of drug-likeness (QED) is 0.856. The molecule has 1 unspecified atom stereocenters. The Kier molecular flexibility index (Phi) is 4.75. The fraction of sp³-hybridized carbons (Fsp3) is 0.438. The summed E-state index contributed by atoms with van der Waals surface area (Å²) in [5, 5.41) is 8.61. The van der Waals surface area contributed by atoms with Crippen LogP contribution in [0.2, 0.25) is 0 Å². The van der Waals surface area contributed by atoms with Gasteiger partial charge >= 0.3 is 0 Å². The van der Waals surface area contributed by atoms with Crippen LogP contribution in [0.4, 0.5) is 4.39 Å². The molecule has 4 heteroatoms. The Morgan fingerprint density at radius 1 is 1.50 bits per heavy atom. The van der Waals surface area contributed by atoms with E-state index < -0.39 is 0 Å². The van der Waals surface area contributed by atoms with E-state index in [0.29, 0.717) is 36.6 Å². The van der Waals surface area contributed by atoms with Crippen LogP contribution in [0.1, 0.15) is 30.9 Å². The third-order valence-electron chi connectivity index (χ3n) is 3.60. The van der Waals surface area contributed by atoms with Crippen LogP contribution in [0.5, 0.6) is 0 Å². The van der Waals surface area contributed by atoms with Crippen LogP contribution in [0.25, 0.3) is 0 Å². The highest BCUT2D eigenvalue weighted by Crippen LogP contribution is 2.23. The highest BCUT2D eigenvalue weighted by atomic mass is 19.1. The summed E-state index contributed by atoms with van der Waals surface area (Å²) in [4.78, 5) is 13.5. The van der Waals surface area contributed by atoms with Gasteiger partial charge < -0.3 is 10.0 Å². The molecule has 0 radical (unpaired) electrons. The van der Waals surface area contributed by atoms with Crippen LogP contribution in [-0.2, 0) is 11.3 Å². The second-order valence-corrected chi connectivity index (χ2v) is 5.02. The topological polar surface area (TPSA) is 40.5 Å². The Labute approximate surface area is 118 Å². The molecule has 0 aromatic heterocycles. The second kappa shape index (κ2) is 6.53. The smallest absolute Gasteiger partial charge is 0.223 e. The van der Waals surface area contributed by atoms with Crippen molar-refractivity contribution in [2.24, 2.45) is 5.92 Å². The lowest BCUT2D eigenvalue weighted by Crippen LogP contribution is -2.25. The highest BCUT2D eigenvalue weighted by molar-refractivity contribution is 5.78. The molecule has 3 nitrogen and oxygen atoms in total. The van der Waals surface area contributed by atoms with Gasteiger partial charge in [0.15, 0.2) is 0 Å². The standard InChI is InChI=1S/C16H18FNO2/c1-2-12-9-16(20)18(10-12)11-14-6-5-13(4-3-7-19)8-15(14)17/h5-6,8,12,19H,2,7,9-11H2,1H3. The van der Waals surface area contributed by atoms with Crippen molar-refractivity contribution < 1.29 is 14.3 Å². The molecule has 1 fully saturated rings. The van der Waals surface area contributed by atoms with Gasteiger partial charge in [-0.3, -0.25) is 4.79 Å². The highest BCUT2D eigenvalue weighted by Gasteiger charge is 2.28. The van der Waals surface area contributed by atoms with E-state index in [-0.39, 0.29) is 18.3 Å². The molecule has 1 aromatic carbocycles. The first-order valence-corrected chi connectivity index (χ1v) is 6.80. The molecule has 1 aliphatic rings. The van der Waals surface area contributed by atoms with E-state index in [9.17, 15) is 9.18 Å². The Balaban J connectivity index is 2.08. The number of aliphatic hydroxyl groups is 1. The number of rotatable bonds is 3. The molecule has 0 aliphatic carbocycles. The van der Waals surface area contributed by atoms with E-state index in [1.807, 2.05) is 0 Å². The van der Waals surface area contributed by atoms with Gasteiger partial charge in [0.25, 0.3) is 0 Å². The molecule has 1 atom stereocenters. The first-order chi connectivity index (χ1) is 9.63. The number of carbonyl (C=O) groups is 1. The monoisotopic (exact) mass is 275 g/mol. The van der Waals surface area contributed by atoms with Crippen LogP contribution in [-0.4, -0.2) is 29.1 Å². The Morgan fingerprint density at radius 3 is 2.90 bits per heavy atom. The molecule has 2 rings (SSSR count). The van der Waals surface area contributed by atoms with E-state index in [1.165, 1.54) is 6.07 Å². The van der Waals surface area contributed by atoms with E-state index in [2.05, 4.69) is 18.8 Å². The lowest BCUT2D eigenvalue weighted by Gasteiger charge is -2.17. The minimum absolute atomic E-state index is 0.0976. The molecule has 1 N–H and O–H groups in total. The predicted molar refractivity (Wildman–Crippen MR) is 74.2 cm³/mol. The number of nitrogens with zero attached hydrogens (tertiary/aromatic N) is 1. The number of amides is 1. The molecule has 106 valence electrons. The average Bonchev–Trinajstić information content (AvgIpc) is 2.80. The molecule has 1 amide bonds. The minimum atomic E-state index is -0.359. The zero-order valence-electron chi connectivity index (χ0n) is 11.5. The minimum Gasteiger partial charge on any atom is -0.384 e. The van der Waals surface area contributed by atoms with Gasteiger partial charge in [0.05, 0.1) is 0 Å². The third-order valence-corrected chi connectivity index (χ3v) is 3.60. The number of likely N-dealkylation sites (tertiary alicyclic amines) is 1. The van der Waals surface area contributed by atoms with Gasteiger partial charge in [-0.25, -0.2) is 4.39 Å². The summed E-state index contributed by atoms with van der Waals surface area (Å²) in [6.07, 6.45) is 1.54. The maximum atomic E-state index is 14.0. The summed E-state index contributed by atoms with van der Waals surface area (Å²) >= 11 is 0. The van der Waals surface area contributed by atoms with E-state index in [4.69, 9.17) is 5.11 Å². The molecule has 0 spiro atoms. The molecule has 1 aromatic rings. The molecule has 1 heterocycles. The number of aliphatic hydroxyl groups excluding tert-OH is 1. The SMILES string of the molecule is CCC1CC(=O)N(Cc2ccc(C#CCO)cc2F)C1. The van der Waals surface area contributed by atoms with Gasteiger partial charge in [0.2, 0.25) is 5.91 Å². The molecule has 0 bridgehead atoms. The Bertz CT molecular complexity index is 559. The van der Waals surface area contributed by atoms with Crippen molar-refractivity contribution in [3.05, 3.63) is 35.1 Å². The van der Waals surface area contributed by atoms with Gasteiger partial charge in [-0.05, 0) is 18.1 Å². The first kappa shape index (κ1) is 14.5. The second-order valence-electron chi connectivity index (χ2n) is 5.02. The fourth-order valence-electron chi connectivity index (χ4n) is 2.38. The number of hydrogen-bond acceptors (Lipinski definition) is 2. The van der Waals surface area contributed by atoms with Gasteiger partial charge in [0.1, 0.15) is 12.4 Å². The molecule has 0 saturated carbocycles. The van der Waals surface area contributed by atoms with E-state index in [1.54, 1.807) is 17.0 Å². The lowest BCUT2D eigenvalue weighted by atomic mass is 10.1. The van der Waals surface area contributed by atoms with Crippen LogP contribution in [0.3, 0.4) is 0 Å². The van der Waals surface area contributed by atoms with Crippen LogP contribution in [0.15, 0.2) is 18.2 Å². The van der Waals surface area contributed by atoms with Gasteiger partial charge in [0, 0.05) is 30.6 Å². The third kappa shape index (κ3) is 3.37. The summed E-state index contributed by atoms with van der Waals surface area (Å²) in [7, 11) is 0. The van der Waals surface area contributed by atoms with Crippen molar-refractivity contribution >= 4 is 5.91 Å². The summed E-state index contributed by atoms with van der Waals surface area (Å²) in [6, 6.07) is 4.71. The number of carbonyl (C=O) groups excluding carboxylic acids is 1. The molecule has 1 saturated heterocycles. The number of benzene rings is 1. The van der Waals surface area contributed by atoms with Crippen molar-refractivity contribution in [1.82, 2.24) is 4.90 Å². The zero-order valence-corrected chi connectivity index (χ0v) is 11.5. The van der Waals surface area contributed by atoms with Crippen molar-refractivity contribution in [2.45, 2.75) is 26.3 Å². The van der Waals surface area contributed by atoms with Crippen LogP contribution in [0, 0.1) is 23.6 Å². The van der Waals surface area contributed by atoms with Gasteiger partial charge in [-0.2, -0.15) is 0 Å². The summed E-state index contributed by atoms with van der Waals surface area (Å²) in [6.45, 7) is 2.84. The van der Waals surface area contributed by atoms with Crippen molar-refractivity contribution in [3.8, 4) is 11.8 Å². The molecular weight excluding hydrogens is 257 g/mol. The summed E-state index contributed by atoms with van der Waals surface area (Å²) in [5.41, 5.74) is 1.03. The Hall–Kier alpha value is -1.86. The Morgan fingerprint density at radius 2 is 2.30 bits per heavy atom. The number of hydrogen-bond donors (Lipinski definition) is 1. The molecule has 1 aliphatic heterocycles. The van der Waals surface area contributed by atoms with E-state index in [0.717, 1.165) is 6.42 Å². The number of halogens is 1. The lowest BCUT2D eigenvalue weighted by molar-refractivity contribution is -0.128. The van der Waals surface area contributed by atoms with Gasteiger partial charge in [-0.1, -0.05) is 31.3 Å². The van der Waals surface area contributed by atoms with Crippen molar-refractivity contribution in [1.29, 1.82) is 0 Å². The van der Waals surface area contributed by atoms with Crippen LogP contribution >= 0.6 is 0 Å². The zero-order chi connectivity index (χ0) is 14.5. The maximum Gasteiger partial charge on any atom is 0.223 e. The fourth-order valence-corrected chi connectivity index (χ4v) is 2.38. The summed E-state index contributed by atoms with van der Waals surface area (Å²) < 4.78 is 14.0. The largest absolute Gasteiger partial charge is 0.384 e. The first-order valence-electron chi connectivity index (χ1n) is 6.80. The van der Waals surface area contributed by atoms with E-state index >= 15 is 0 Å². The normalized spacial score (nSPS) is 18.1. The van der Waals surface area contributed by atoms with Crippen LogP contribution < -0.4 is 0 Å². The van der Waals surface area contributed by atoms with Crippen molar-refractivity contribution in [3.63, 3.8) is 0 Å². The average molecular weight is 275 g/mol. The summed E-state index contributed by atoms with van der Waals surface area (Å²) in [5.74, 6) is 5.27. The molecular formula is C16H18FNO2.